The summed E-state index contributed by atoms with van der Waals surface area (Å²) in [5.41, 5.74) is 5.18. The van der Waals surface area contributed by atoms with Gasteiger partial charge in [0.25, 0.3) is 0 Å². The second-order valence-electron chi connectivity index (χ2n) is 4.94. The predicted molar refractivity (Wildman–Crippen MR) is 93.5 cm³/mol. The molecular formula is C18H16S2. The van der Waals surface area contributed by atoms with Crippen molar-refractivity contribution in [3.05, 3.63) is 80.4 Å². The van der Waals surface area contributed by atoms with Crippen LogP contribution in [-0.4, -0.2) is 0 Å². The fourth-order valence-electron chi connectivity index (χ4n) is 1.98. The highest BCUT2D eigenvalue weighted by Gasteiger charge is 2.13. The van der Waals surface area contributed by atoms with Gasteiger partial charge < -0.3 is 0 Å². The summed E-state index contributed by atoms with van der Waals surface area (Å²) < 4.78 is 1.34. The molecular weight excluding hydrogens is 280 g/mol. The molecule has 1 heterocycles. The van der Waals surface area contributed by atoms with Crippen LogP contribution in [0.4, 0.5) is 0 Å². The lowest BCUT2D eigenvalue weighted by Gasteiger charge is -2.02. The quantitative estimate of drug-likeness (QED) is 0.658. The van der Waals surface area contributed by atoms with E-state index in [-0.39, 0.29) is 0 Å². The summed E-state index contributed by atoms with van der Waals surface area (Å²) >= 11 is 3.66. The molecule has 3 rings (SSSR count). The minimum absolute atomic E-state index is 1.27. The summed E-state index contributed by atoms with van der Waals surface area (Å²) in [7, 11) is 0. The van der Waals surface area contributed by atoms with Crippen LogP contribution in [0.25, 0.3) is 11.0 Å². The third-order valence-electron chi connectivity index (χ3n) is 3.19. The van der Waals surface area contributed by atoms with E-state index in [9.17, 15) is 0 Å². The highest BCUT2D eigenvalue weighted by atomic mass is 32.2. The van der Waals surface area contributed by atoms with E-state index in [4.69, 9.17) is 0 Å². The minimum atomic E-state index is 1.27. The van der Waals surface area contributed by atoms with Crippen molar-refractivity contribution in [2.24, 2.45) is 0 Å². The SMILES string of the molecule is Cc1ccc(/C=C2\SC=C(c3ccc(C)cc3)S2)cc1. The zero-order chi connectivity index (χ0) is 13.9. The van der Waals surface area contributed by atoms with Crippen molar-refractivity contribution in [2.45, 2.75) is 13.8 Å². The minimum Gasteiger partial charge on any atom is -0.0895 e. The number of hydrogen-bond donors (Lipinski definition) is 0. The van der Waals surface area contributed by atoms with Crippen LogP contribution in [0.3, 0.4) is 0 Å². The lowest BCUT2D eigenvalue weighted by atomic mass is 10.1. The van der Waals surface area contributed by atoms with Crippen molar-refractivity contribution < 1.29 is 0 Å². The average Bonchev–Trinajstić information content (AvgIpc) is 2.91. The Morgan fingerprint density at radius 1 is 0.800 bits per heavy atom. The van der Waals surface area contributed by atoms with Crippen LogP contribution >= 0.6 is 23.5 Å². The van der Waals surface area contributed by atoms with E-state index in [0.717, 1.165) is 0 Å². The first-order valence-corrected chi connectivity index (χ1v) is 8.30. The van der Waals surface area contributed by atoms with Gasteiger partial charge in [0, 0.05) is 9.14 Å². The molecule has 0 atom stereocenters. The molecule has 0 spiro atoms. The second-order valence-corrected chi connectivity index (χ2v) is 7.20. The summed E-state index contributed by atoms with van der Waals surface area (Å²) in [6, 6.07) is 17.4. The van der Waals surface area contributed by atoms with Crippen LogP contribution < -0.4 is 0 Å². The standard InChI is InChI=1S/C18H16S2/c1-13-3-7-15(8-4-13)11-18-19-12-17(20-18)16-9-5-14(2)6-10-16/h3-12H,1-2H3/b18-11+. The molecule has 20 heavy (non-hydrogen) atoms. The van der Waals surface area contributed by atoms with E-state index in [2.05, 4.69) is 73.9 Å². The zero-order valence-corrected chi connectivity index (χ0v) is 13.2. The zero-order valence-electron chi connectivity index (χ0n) is 11.6. The summed E-state index contributed by atoms with van der Waals surface area (Å²) in [5, 5.41) is 2.25. The van der Waals surface area contributed by atoms with E-state index in [1.165, 1.54) is 31.4 Å². The monoisotopic (exact) mass is 296 g/mol. The largest absolute Gasteiger partial charge is 0.0895 e. The van der Waals surface area contributed by atoms with Crippen molar-refractivity contribution in [3.8, 4) is 0 Å². The Morgan fingerprint density at radius 3 is 2.05 bits per heavy atom. The van der Waals surface area contributed by atoms with Gasteiger partial charge in [-0.15, -0.1) is 0 Å². The smallest absolute Gasteiger partial charge is 0.0499 e. The Balaban J connectivity index is 1.75. The highest BCUT2D eigenvalue weighted by molar-refractivity contribution is 8.31. The van der Waals surface area contributed by atoms with Crippen molar-refractivity contribution in [1.82, 2.24) is 0 Å². The first-order chi connectivity index (χ1) is 9.70. The maximum Gasteiger partial charge on any atom is 0.0499 e. The van der Waals surface area contributed by atoms with E-state index < -0.39 is 0 Å². The predicted octanol–water partition coefficient (Wildman–Crippen LogP) is 6.08. The molecule has 0 radical (unpaired) electrons. The third-order valence-corrected chi connectivity index (χ3v) is 5.47. The normalized spacial score (nSPS) is 16.5. The van der Waals surface area contributed by atoms with Crippen LogP contribution in [0.15, 0.2) is 58.2 Å². The average molecular weight is 296 g/mol. The molecule has 0 aliphatic carbocycles. The topological polar surface area (TPSA) is 0 Å². The number of hydrogen-bond acceptors (Lipinski definition) is 2. The van der Waals surface area contributed by atoms with Gasteiger partial charge in [0.15, 0.2) is 0 Å². The first kappa shape index (κ1) is 13.6. The molecule has 2 heteroatoms. The van der Waals surface area contributed by atoms with Gasteiger partial charge in [-0.25, -0.2) is 0 Å². The molecule has 0 aromatic heterocycles. The highest BCUT2D eigenvalue weighted by Crippen LogP contribution is 2.49. The lowest BCUT2D eigenvalue weighted by molar-refractivity contribution is 1.46. The van der Waals surface area contributed by atoms with Gasteiger partial charge in [-0.1, -0.05) is 83.2 Å². The Labute approximate surface area is 129 Å². The van der Waals surface area contributed by atoms with Gasteiger partial charge in [-0.05, 0) is 36.5 Å². The van der Waals surface area contributed by atoms with Crippen molar-refractivity contribution in [1.29, 1.82) is 0 Å². The summed E-state index contributed by atoms with van der Waals surface area (Å²) in [5.74, 6) is 0. The molecule has 2 aromatic rings. The molecule has 0 amide bonds. The fourth-order valence-corrected chi connectivity index (χ4v) is 4.15. The molecule has 1 aliphatic rings. The number of rotatable bonds is 2. The van der Waals surface area contributed by atoms with Gasteiger partial charge in [0.05, 0.1) is 0 Å². The van der Waals surface area contributed by atoms with E-state index in [1.807, 2.05) is 23.5 Å². The van der Waals surface area contributed by atoms with Crippen LogP contribution in [0.5, 0.6) is 0 Å². The molecule has 0 nitrogen and oxygen atoms in total. The molecule has 1 aliphatic heterocycles. The number of thioether (sulfide) groups is 2. The summed E-state index contributed by atoms with van der Waals surface area (Å²) in [6.07, 6.45) is 2.26. The van der Waals surface area contributed by atoms with Crippen LogP contribution in [0, 0.1) is 13.8 Å². The molecule has 0 N–H and O–H groups in total. The van der Waals surface area contributed by atoms with Crippen LogP contribution in [0.1, 0.15) is 22.3 Å². The molecule has 100 valence electrons. The number of aryl methyl sites for hydroxylation is 2. The lowest BCUT2D eigenvalue weighted by Crippen LogP contribution is -1.78. The number of benzene rings is 2. The Morgan fingerprint density at radius 2 is 1.40 bits per heavy atom. The van der Waals surface area contributed by atoms with Crippen molar-refractivity contribution in [3.63, 3.8) is 0 Å². The van der Waals surface area contributed by atoms with E-state index in [0.29, 0.717) is 0 Å². The Hall–Kier alpha value is -1.38. The fraction of sp³-hybridized carbons (Fsp3) is 0.111. The molecule has 0 fully saturated rings. The second kappa shape index (κ2) is 5.94. The molecule has 2 aromatic carbocycles. The summed E-state index contributed by atoms with van der Waals surface area (Å²) in [6.45, 7) is 4.24. The van der Waals surface area contributed by atoms with Crippen LogP contribution in [-0.2, 0) is 0 Å². The van der Waals surface area contributed by atoms with Crippen LogP contribution in [0.2, 0.25) is 0 Å². The Bertz CT molecular complexity index is 662. The van der Waals surface area contributed by atoms with Gasteiger partial charge in [0.1, 0.15) is 0 Å². The molecule has 0 unspecified atom stereocenters. The first-order valence-electron chi connectivity index (χ1n) is 6.61. The van der Waals surface area contributed by atoms with E-state index >= 15 is 0 Å². The van der Waals surface area contributed by atoms with Gasteiger partial charge >= 0.3 is 0 Å². The Kier molecular flexibility index (Phi) is 4.04. The molecule has 0 saturated carbocycles. The summed E-state index contributed by atoms with van der Waals surface area (Å²) in [4.78, 5) is 1.34. The van der Waals surface area contributed by atoms with Crippen molar-refractivity contribution in [2.75, 3.05) is 0 Å². The molecule has 0 saturated heterocycles. The van der Waals surface area contributed by atoms with Gasteiger partial charge in [-0.2, -0.15) is 0 Å². The maximum absolute atomic E-state index is 2.26. The van der Waals surface area contributed by atoms with Gasteiger partial charge in [-0.3, -0.25) is 0 Å². The molecule has 0 bridgehead atoms. The van der Waals surface area contributed by atoms with Crippen molar-refractivity contribution >= 4 is 34.5 Å². The van der Waals surface area contributed by atoms with E-state index in [1.54, 1.807) is 0 Å². The third kappa shape index (κ3) is 3.20. The van der Waals surface area contributed by atoms with Gasteiger partial charge in [0.2, 0.25) is 0 Å². The maximum atomic E-state index is 2.26.